The van der Waals surface area contributed by atoms with Crippen LogP contribution in [-0.2, 0) is 15.4 Å². The molecule has 1 unspecified atom stereocenters. The molecule has 0 saturated carbocycles. The van der Waals surface area contributed by atoms with Crippen molar-refractivity contribution in [2.75, 3.05) is 38.6 Å². The van der Waals surface area contributed by atoms with Crippen molar-refractivity contribution < 1.29 is 18.3 Å². The van der Waals surface area contributed by atoms with E-state index in [1.807, 2.05) is 47.4 Å². The Labute approximate surface area is 252 Å². The molecule has 2 saturated heterocycles. The zero-order valence-corrected chi connectivity index (χ0v) is 25.1. The lowest BCUT2D eigenvalue weighted by molar-refractivity contribution is -0.00900. The number of nitrogens with one attached hydrogen (secondary N) is 1. The molecule has 7 nitrogen and oxygen atoms in total. The minimum atomic E-state index is -3.60. The van der Waals surface area contributed by atoms with Gasteiger partial charge in [0, 0.05) is 38.4 Å². The Morgan fingerprint density at radius 3 is 2.20 bits per heavy atom. The first kappa shape index (κ1) is 30.0. The first-order chi connectivity index (χ1) is 19.6. The molecule has 2 heterocycles. The normalized spacial score (nSPS) is 21.5. The monoisotopic (exact) mass is 615 g/mol. The highest BCUT2D eigenvalue weighted by atomic mass is 35.5. The van der Waals surface area contributed by atoms with Crippen LogP contribution in [0.4, 0.5) is 0 Å². The zero-order valence-electron chi connectivity index (χ0n) is 22.8. The average Bonchev–Trinajstić information content (AvgIpc) is 2.98. The summed E-state index contributed by atoms with van der Waals surface area (Å²) < 4.78 is 25.8. The number of aliphatic hydroxyl groups is 1. The molecule has 0 bridgehead atoms. The quantitative estimate of drug-likeness (QED) is 0.372. The van der Waals surface area contributed by atoms with Crippen molar-refractivity contribution >= 4 is 38.9 Å². The number of sulfone groups is 1. The van der Waals surface area contributed by atoms with E-state index in [-0.39, 0.29) is 16.6 Å². The van der Waals surface area contributed by atoms with Gasteiger partial charge in [-0.2, -0.15) is 0 Å². The maximum absolute atomic E-state index is 13.4. The van der Waals surface area contributed by atoms with Gasteiger partial charge in [-0.05, 0) is 67.6 Å². The summed E-state index contributed by atoms with van der Waals surface area (Å²) in [6, 6.07) is 23.2. The Hall–Kier alpha value is -2.46. The molecule has 2 aliphatic heterocycles. The molecule has 0 aromatic heterocycles. The number of nitrogens with zero attached hydrogens (tertiary/aromatic N) is 2. The van der Waals surface area contributed by atoms with Crippen LogP contribution in [0.5, 0.6) is 0 Å². The molecule has 1 atom stereocenters. The van der Waals surface area contributed by atoms with Gasteiger partial charge in [-0.1, -0.05) is 65.7 Å². The van der Waals surface area contributed by atoms with E-state index in [1.165, 1.54) is 0 Å². The maximum atomic E-state index is 13.4. The van der Waals surface area contributed by atoms with E-state index in [4.69, 9.17) is 23.2 Å². The lowest BCUT2D eigenvalue weighted by atomic mass is 9.82. The predicted octanol–water partition coefficient (Wildman–Crippen LogP) is 4.97. The van der Waals surface area contributed by atoms with Gasteiger partial charge >= 0.3 is 0 Å². The van der Waals surface area contributed by atoms with Gasteiger partial charge in [0.05, 0.1) is 31.8 Å². The molecular weight excluding hydrogens is 581 g/mol. The van der Waals surface area contributed by atoms with Gasteiger partial charge in [-0.15, -0.1) is 0 Å². The molecule has 3 aromatic carbocycles. The highest BCUT2D eigenvalue weighted by molar-refractivity contribution is 7.91. The van der Waals surface area contributed by atoms with E-state index in [0.717, 1.165) is 18.4 Å². The van der Waals surface area contributed by atoms with Crippen molar-refractivity contribution in [3.63, 3.8) is 0 Å². The lowest BCUT2D eigenvalue weighted by Crippen LogP contribution is -2.59. The topological polar surface area (TPSA) is 89.9 Å². The average molecular weight is 617 g/mol. The molecule has 5 rings (SSSR count). The van der Waals surface area contributed by atoms with Gasteiger partial charge in [0.15, 0.2) is 9.84 Å². The summed E-state index contributed by atoms with van der Waals surface area (Å²) in [5.41, 5.74) is -0.226. The van der Waals surface area contributed by atoms with Gasteiger partial charge in [-0.25, -0.2) is 8.42 Å². The van der Waals surface area contributed by atoms with Gasteiger partial charge in [-0.3, -0.25) is 15.0 Å². The second-order valence-corrected chi connectivity index (χ2v) is 14.0. The first-order valence-corrected chi connectivity index (χ1v) is 16.3. The van der Waals surface area contributed by atoms with Crippen LogP contribution in [-0.4, -0.2) is 73.4 Å². The minimum absolute atomic E-state index is 0.0146. The maximum Gasteiger partial charge on any atom is 0.253 e. The Kier molecular flexibility index (Phi) is 9.09. The van der Waals surface area contributed by atoms with E-state index in [2.05, 4.69) is 10.2 Å². The molecule has 2 fully saturated rings. The summed E-state index contributed by atoms with van der Waals surface area (Å²) in [6.07, 6.45) is 2.30. The highest BCUT2D eigenvalue weighted by Crippen LogP contribution is 2.36. The lowest BCUT2D eigenvalue weighted by Gasteiger charge is -2.46. The van der Waals surface area contributed by atoms with Crippen molar-refractivity contribution in [2.45, 2.75) is 41.7 Å². The first-order valence-electron chi connectivity index (χ1n) is 13.9. The molecule has 2 N–H and O–H groups in total. The molecule has 0 spiro atoms. The molecule has 3 aromatic rings. The summed E-state index contributed by atoms with van der Waals surface area (Å²) >= 11 is 12.7. The fourth-order valence-corrected chi connectivity index (χ4v) is 7.90. The van der Waals surface area contributed by atoms with Gasteiger partial charge < -0.3 is 10.0 Å². The van der Waals surface area contributed by atoms with Crippen LogP contribution in [0, 0.1) is 0 Å². The van der Waals surface area contributed by atoms with Crippen LogP contribution in [0.1, 0.15) is 41.6 Å². The van der Waals surface area contributed by atoms with Crippen molar-refractivity contribution in [3.05, 3.63) is 100 Å². The fraction of sp³-hybridized carbons (Fsp3) is 0.387. The van der Waals surface area contributed by atoms with Crippen LogP contribution in [0.3, 0.4) is 0 Å². The van der Waals surface area contributed by atoms with Gasteiger partial charge in [0.25, 0.3) is 5.91 Å². The summed E-state index contributed by atoms with van der Waals surface area (Å²) in [7, 11) is -3.60. The summed E-state index contributed by atoms with van der Waals surface area (Å²) in [4.78, 5) is 17.7. The van der Waals surface area contributed by atoms with E-state index >= 15 is 0 Å². The van der Waals surface area contributed by atoms with Crippen LogP contribution < -0.4 is 5.32 Å². The number of piperidine rings is 2. The Balaban J connectivity index is 1.29. The number of carbonyl (C=O) groups is 1. The van der Waals surface area contributed by atoms with Crippen LogP contribution in [0.2, 0.25) is 10.0 Å². The van der Waals surface area contributed by atoms with Gasteiger partial charge in [0.1, 0.15) is 0 Å². The van der Waals surface area contributed by atoms with Crippen molar-refractivity contribution in [2.24, 2.45) is 0 Å². The third kappa shape index (κ3) is 6.96. The third-order valence-electron chi connectivity index (χ3n) is 8.26. The van der Waals surface area contributed by atoms with Crippen LogP contribution in [0.15, 0.2) is 83.8 Å². The minimum Gasteiger partial charge on any atom is -0.389 e. The molecule has 2 aliphatic rings. The molecule has 41 heavy (non-hydrogen) atoms. The fourth-order valence-electron chi connectivity index (χ4n) is 5.87. The highest BCUT2D eigenvalue weighted by Gasteiger charge is 2.41. The number of carbonyl (C=O) groups excluding carboxylic acids is 1. The number of halogens is 2. The van der Waals surface area contributed by atoms with E-state index < -0.39 is 21.0 Å². The van der Waals surface area contributed by atoms with Crippen LogP contribution in [0.25, 0.3) is 0 Å². The number of hydrogen-bond acceptors (Lipinski definition) is 6. The van der Waals surface area contributed by atoms with E-state index in [0.29, 0.717) is 61.3 Å². The number of rotatable bonds is 8. The van der Waals surface area contributed by atoms with E-state index in [1.54, 1.807) is 36.4 Å². The standard InChI is InChI=1S/C31H35Cl2N3O4S/c32-27-13-12-25(20-28(27)33)31(14-7-17-36(21-31)29(37)24-8-3-1-4-9-24)34-23-35-18-15-30(38,16-19-35)22-41(39,40)26-10-5-2-6-11-26/h1-6,8-13,20,34,38H,7,14-19,21-23H2. The van der Waals surface area contributed by atoms with Crippen LogP contribution >= 0.6 is 23.2 Å². The smallest absolute Gasteiger partial charge is 0.253 e. The number of hydrogen-bond donors (Lipinski definition) is 2. The number of amides is 1. The predicted molar refractivity (Wildman–Crippen MR) is 162 cm³/mol. The molecule has 0 aliphatic carbocycles. The summed E-state index contributed by atoms with van der Waals surface area (Å²) in [6.45, 7) is 2.71. The Morgan fingerprint density at radius 2 is 1.54 bits per heavy atom. The SMILES string of the molecule is O=C(c1ccccc1)N1CCCC(NCN2CCC(O)(CS(=O)(=O)c3ccccc3)CC2)(c2ccc(Cl)c(Cl)c2)C1. The Morgan fingerprint density at radius 1 is 0.878 bits per heavy atom. The molecule has 218 valence electrons. The second-order valence-electron chi connectivity index (χ2n) is 11.2. The molecule has 1 amide bonds. The van der Waals surface area contributed by atoms with Crippen molar-refractivity contribution in [1.82, 2.24) is 15.1 Å². The van der Waals surface area contributed by atoms with Gasteiger partial charge in [0.2, 0.25) is 0 Å². The third-order valence-corrected chi connectivity index (χ3v) is 10.9. The number of benzene rings is 3. The molecule has 10 heteroatoms. The zero-order chi connectivity index (χ0) is 29.1. The Bertz CT molecular complexity index is 1470. The van der Waals surface area contributed by atoms with Crippen molar-refractivity contribution in [3.8, 4) is 0 Å². The summed E-state index contributed by atoms with van der Waals surface area (Å²) in [5, 5.41) is 15.9. The summed E-state index contributed by atoms with van der Waals surface area (Å²) in [5.74, 6) is -0.311. The second kappa shape index (κ2) is 12.4. The molecular formula is C31H35Cl2N3O4S. The van der Waals surface area contributed by atoms with Crippen molar-refractivity contribution in [1.29, 1.82) is 0 Å². The van der Waals surface area contributed by atoms with E-state index in [9.17, 15) is 18.3 Å². The largest absolute Gasteiger partial charge is 0.389 e. The number of likely N-dealkylation sites (tertiary alicyclic amines) is 2. The molecule has 0 radical (unpaired) electrons.